The van der Waals surface area contributed by atoms with Gasteiger partial charge >= 0.3 is 0 Å². The van der Waals surface area contributed by atoms with Crippen LogP contribution in [-0.2, 0) is 0 Å². The Bertz CT molecular complexity index is 954. The van der Waals surface area contributed by atoms with Crippen LogP contribution in [0, 0.1) is 21.7 Å². The summed E-state index contributed by atoms with van der Waals surface area (Å²) in [5, 5.41) is 13.8. The second-order valence-electron chi connectivity index (χ2n) is 6.65. The Morgan fingerprint density at radius 2 is 1.80 bits per heavy atom. The molecule has 10 heteroatoms. The molecular weight excluding hydrogens is 400 g/mol. The minimum absolute atomic E-state index is 0.107. The van der Waals surface area contributed by atoms with E-state index in [4.69, 9.17) is 9.47 Å². The number of halogens is 2. The maximum atomic E-state index is 14.5. The van der Waals surface area contributed by atoms with Crippen LogP contribution in [0.3, 0.4) is 0 Å². The maximum absolute atomic E-state index is 14.5. The molecule has 0 unspecified atom stereocenters. The van der Waals surface area contributed by atoms with E-state index in [1.807, 2.05) is 0 Å². The largest absolute Gasteiger partial charge is 0.493 e. The molecule has 1 heterocycles. The van der Waals surface area contributed by atoms with Gasteiger partial charge in [-0.05, 0) is 31.9 Å². The Morgan fingerprint density at radius 1 is 1.17 bits per heavy atom. The summed E-state index contributed by atoms with van der Waals surface area (Å²) in [6, 6.07) is 4.22. The number of rotatable bonds is 7. The van der Waals surface area contributed by atoms with Crippen LogP contribution < -0.4 is 19.7 Å². The Hall–Kier alpha value is -3.43. The number of hydrogen-bond acceptors (Lipinski definition) is 6. The van der Waals surface area contributed by atoms with Crippen molar-refractivity contribution >= 4 is 23.0 Å². The number of methoxy groups -OCH3 is 1. The third kappa shape index (κ3) is 4.27. The van der Waals surface area contributed by atoms with Gasteiger partial charge in [0.2, 0.25) is 0 Å². The lowest BCUT2D eigenvalue weighted by Crippen LogP contribution is -2.21. The van der Waals surface area contributed by atoms with E-state index in [0.29, 0.717) is 13.1 Å². The summed E-state index contributed by atoms with van der Waals surface area (Å²) in [6.45, 7) is 3.04. The molecule has 1 amide bonds. The van der Waals surface area contributed by atoms with Gasteiger partial charge in [-0.2, -0.15) is 0 Å². The highest BCUT2D eigenvalue weighted by atomic mass is 19.1. The van der Waals surface area contributed by atoms with Crippen molar-refractivity contribution in [2.24, 2.45) is 0 Å². The molecule has 8 nitrogen and oxygen atoms in total. The molecule has 1 N–H and O–H groups in total. The van der Waals surface area contributed by atoms with Crippen LogP contribution in [0.15, 0.2) is 24.3 Å². The van der Waals surface area contributed by atoms with E-state index in [9.17, 15) is 23.7 Å². The van der Waals surface area contributed by atoms with Crippen LogP contribution in [0.25, 0.3) is 0 Å². The molecule has 0 bridgehead atoms. The zero-order valence-electron chi connectivity index (χ0n) is 16.5. The van der Waals surface area contributed by atoms with Gasteiger partial charge in [0.25, 0.3) is 11.6 Å². The summed E-state index contributed by atoms with van der Waals surface area (Å²) in [5.74, 6) is -2.31. The molecule has 1 aliphatic rings. The highest BCUT2D eigenvalue weighted by Gasteiger charge is 2.26. The van der Waals surface area contributed by atoms with Crippen molar-refractivity contribution in [1.29, 1.82) is 0 Å². The zero-order chi connectivity index (χ0) is 21.8. The first kappa shape index (κ1) is 21.3. The van der Waals surface area contributed by atoms with Crippen LogP contribution in [0.2, 0.25) is 0 Å². The number of nitrogens with one attached hydrogen (secondary N) is 1. The fraction of sp³-hybridized carbons (Fsp3) is 0.350. The van der Waals surface area contributed by atoms with E-state index >= 15 is 0 Å². The third-order valence-electron chi connectivity index (χ3n) is 4.72. The molecule has 2 aromatic carbocycles. The number of anilines is 2. The standard InChI is InChI=1S/C20H21F2N3O5/c1-3-30-18-11-16(25(27)28)13(10-17(18)29-2)20(26)23-12-8-14(21)19(15(22)9-12)24-6-4-5-7-24/h8-11H,3-7H2,1-2H3,(H,23,26). The predicted molar refractivity (Wildman–Crippen MR) is 107 cm³/mol. The molecule has 2 aromatic rings. The average molecular weight is 421 g/mol. The van der Waals surface area contributed by atoms with Gasteiger partial charge in [-0.1, -0.05) is 0 Å². The summed E-state index contributed by atoms with van der Waals surface area (Å²) in [4.78, 5) is 25.0. The average Bonchev–Trinajstić information content (AvgIpc) is 3.21. The molecule has 0 saturated carbocycles. The van der Waals surface area contributed by atoms with Gasteiger partial charge in [0, 0.05) is 24.8 Å². The van der Waals surface area contributed by atoms with E-state index in [1.54, 1.807) is 11.8 Å². The third-order valence-corrected chi connectivity index (χ3v) is 4.72. The molecular formula is C20H21F2N3O5. The van der Waals surface area contributed by atoms with Crippen LogP contribution in [-0.4, -0.2) is 37.6 Å². The first-order valence-corrected chi connectivity index (χ1v) is 9.40. The van der Waals surface area contributed by atoms with Crippen molar-refractivity contribution in [3.05, 3.63) is 51.6 Å². The highest BCUT2D eigenvalue weighted by Crippen LogP contribution is 2.35. The summed E-state index contributed by atoms with van der Waals surface area (Å²) in [6.07, 6.45) is 1.70. The van der Waals surface area contributed by atoms with E-state index < -0.39 is 28.2 Å². The summed E-state index contributed by atoms with van der Waals surface area (Å²) in [5.41, 5.74) is -1.14. The Labute approximate surface area is 171 Å². The monoisotopic (exact) mass is 421 g/mol. The first-order chi connectivity index (χ1) is 14.3. The molecule has 0 atom stereocenters. The lowest BCUT2D eigenvalue weighted by molar-refractivity contribution is -0.385. The number of carbonyl (C=O) groups is 1. The van der Waals surface area contributed by atoms with Gasteiger partial charge in [0.15, 0.2) is 23.1 Å². The van der Waals surface area contributed by atoms with Gasteiger partial charge in [-0.3, -0.25) is 14.9 Å². The first-order valence-electron chi connectivity index (χ1n) is 9.40. The zero-order valence-corrected chi connectivity index (χ0v) is 16.5. The molecule has 0 aliphatic carbocycles. The predicted octanol–water partition coefficient (Wildman–Crippen LogP) is 4.13. The number of nitro groups is 1. The Kier molecular flexibility index (Phi) is 6.34. The summed E-state index contributed by atoms with van der Waals surface area (Å²) < 4.78 is 39.4. The van der Waals surface area contributed by atoms with E-state index in [2.05, 4.69) is 5.32 Å². The fourth-order valence-corrected chi connectivity index (χ4v) is 3.39. The Morgan fingerprint density at radius 3 is 2.33 bits per heavy atom. The maximum Gasteiger partial charge on any atom is 0.286 e. The minimum Gasteiger partial charge on any atom is -0.493 e. The van der Waals surface area contributed by atoms with Crippen LogP contribution in [0.4, 0.5) is 25.8 Å². The summed E-state index contributed by atoms with van der Waals surface area (Å²) >= 11 is 0. The fourth-order valence-electron chi connectivity index (χ4n) is 3.39. The molecule has 1 saturated heterocycles. The van der Waals surface area contributed by atoms with Crippen LogP contribution in [0.5, 0.6) is 11.5 Å². The van der Waals surface area contributed by atoms with Crippen molar-refractivity contribution in [2.75, 3.05) is 37.0 Å². The van der Waals surface area contributed by atoms with Crippen molar-refractivity contribution in [3.63, 3.8) is 0 Å². The SMILES string of the molecule is CCOc1cc([N+](=O)[O-])c(C(=O)Nc2cc(F)c(N3CCCC3)c(F)c2)cc1OC. The van der Waals surface area contributed by atoms with Gasteiger partial charge in [-0.15, -0.1) is 0 Å². The van der Waals surface area contributed by atoms with Gasteiger partial charge in [0.05, 0.1) is 24.7 Å². The lowest BCUT2D eigenvalue weighted by Gasteiger charge is -2.20. The molecule has 30 heavy (non-hydrogen) atoms. The lowest BCUT2D eigenvalue weighted by atomic mass is 10.1. The van der Waals surface area contributed by atoms with Gasteiger partial charge < -0.3 is 19.7 Å². The Balaban J connectivity index is 1.93. The van der Waals surface area contributed by atoms with Crippen molar-refractivity contribution in [1.82, 2.24) is 0 Å². The molecule has 1 fully saturated rings. The number of hydrogen-bond donors (Lipinski definition) is 1. The van der Waals surface area contributed by atoms with Crippen molar-refractivity contribution in [2.45, 2.75) is 19.8 Å². The van der Waals surface area contributed by atoms with Gasteiger partial charge in [-0.25, -0.2) is 8.78 Å². The minimum atomic E-state index is -0.907. The number of nitro benzene ring substituents is 1. The van der Waals surface area contributed by atoms with Crippen molar-refractivity contribution < 1.29 is 28.0 Å². The van der Waals surface area contributed by atoms with Crippen LogP contribution in [0.1, 0.15) is 30.1 Å². The molecule has 3 rings (SSSR count). The number of carbonyl (C=O) groups excluding carboxylic acids is 1. The number of amides is 1. The summed E-state index contributed by atoms with van der Waals surface area (Å²) in [7, 11) is 1.33. The molecule has 1 aliphatic heterocycles. The van der Waals surface area contributed by atoms with E-state index in [-0.39, 0.29) is 35.0 Å². The van der Waals surface area contributed by atoms with Crippen LogP contribution >= 0.6 is 0 Å². The number of nitrogens with zero attached hydrogens (tertiary/aromatic N) is 2. The second-order valence-corrected chi connectivity index (χ2v) is 6.65. The second kappa shape index (κ2) is 8.93. The number of ether oxygens (including phenoxy) is 2. The molecule has 0 radical (unpaired) electrons. The topological polar surface area (TPSA) is 93.9 Å². The van der Waals surface area contributed by atoms with E-state index in [0.717, 1.165) is 37.1 Å². The van der Waals surface area contributed by atoms with Gasteiger partial charge in [0.1, 0.15) is 11.3 Å². The normalized spacial score (nSPS) is 13.3. The quantitative estimate of drug-likeness (QED) is 0.534. The highest BCUT2D eigenvalue weighted by molar-refractivity contribution is 6.07. The van der Waals surface area contributed by atoms with Crippen molar-refractivity contribution in [3.8, 4) is 11.5 Å². The molecule has 160 valence electrons. The molecule has 0 spiro atoms. The molecule has 0 aromatic heterocycles. The smallest absolute Gasteiger partial charge is 0.286 e. The van der Waals surface area contributed by atoms with E-state index in [1.165, 1.54) is 7.11 Å². The number of benzene rings is 2.